The van der Waals surface area contributed by atoms with Gasteiger partial charge in [-0.3, -0.25) is 4.79 Å². The summed E-state index contributed by atoms with van der Waals surface area (Å²) in [5.41, 5.74) is 0.863. The average Bonchev–Trinajstić information content (AvgIpc) is 3.01. The number of hydrogen-bond acceptors (Lipinski definition) is 7. The molecule has 0 aliphatic carbocycles. The summed E-state index contributed by atoms with van der Waals surface area (Å²) in [5, 5.41) is 9.07. The summed E-state index contributed by atoms with van der Waals surface area (Å²) < 4.78 is 17.2. The van der Waals surface area contributed by atoms with Crippen LogP contribution in [-0.2, 0) is 16.1 Å². The molecule has 0 saturated carbocycles. The number of ether oxygens (including phenoxy) is 3. The molecule has 0 radical (unpaired) electrons. The molecule has 2 aromatic rings. The predicted octanol–water partition coefficient (Wildman–Crippen LogP) is 2.25. The lowest BCUT2D eigenvalue weighted by Gasteiger charge is -2.10. The fourth-order valence-corrected chi connectivity index (χ4v) is 2.89. The van der Waals surface area contributed by atoms with Gasteiger partial charge in [0, 0.05) is 12.1 Å². The summed E-state index contributed by atoms with van der Waals surface area (Å²) in [7, 11) is 4.54. The van der Waals surface area contributed by atoms with Crippen LogP contribution in [0, 0.1) is 0 Å². The van der Waals surface area contributed by atoms with E-state index in [1.165, 1.54) is 18.9 Å². The molecule has 1 aromatic heterocycles. The third-order valence-corrected chi connectivity index (χ3v) is 4.16. The van der Waals surface area contributed by atoms with E-state index in [4.69, 9.17) is 9.47 Å². The second-order valence-electron chi connectivity index (χ2n) is 4.49. The number of hydrogen-bond donors (Lipinski definition) is 0. The highest BCUT2D eigenvalue weighted by Gasteiger charge is 2.16. The molecule has 124 valence electrons. The molecule has 0 spiro atoms. The third kappa shape index (κ3) is 3.76. The zero-order valence-corrected chi connectivity index (χ0v) is 14.3. The third-order valence-electron chi connectivity index (χ3n) is 3.22. The number of rotatable bonds is 7. The van der Waals surface area contributed by atoms with Crippen molar-refractivity contribution in [1.29, 1.82) is 0 Å². The second-order valence-corrected chi connectivity index (χ2v) is 5.43. The molecule has 7 nitrogen and oxygen atoms in total. The normalized spacial score (nSPS) is 10.4. The SMILES string of the molecule is CCn1c(SCC(=O)OC)nnc1-c1ccc(OC)c(OC)c1. The number of nitrogens with zero attached hydrogens (tertiary/aromatic N) is 3. The molecule has 1 aromatic carbocycles. The largest absolute Gasteiger partial charge is 0.493 e. The average molecular weight is 337 g/mol. The lowest BCUT2D eigenvalue weighted by atomic mass is 10.2. The van der Waals surface area contributed by atoms with Crippen LogP contribution in [0.2, 0.25) is 0 Å². The lowest BCUT2D eigenvalue weighted by Crippen LogP contribution is -2.05. The lowest BCUT2D eigenvalue weighted by molar-refractivity contribution is -0.137. The van der Waals surface area contributed by atoms with E-state index in [0.29, 0.717) is 29.0 Å². The zero-order valence-electron chi connectivity index (χ0n) is 13.5. The molecule has 0 atom stereocenters. The maximum absolute atomic E-state index is 11.3. The summed E-state index contributed by atoms with van der Waals surface area (Å²) in [6.45, 7) is 2.68. The van der Waals surface area contributed by atoms with Crippen molar-refractivity contribution >= 4 is 17.7 Å². The van der Waals surface area contributed by atoms with E-state index in [1.54, 1.807) is 14.2 Å². The Hall–Kier alpha value is -2.22. The van der Waals surface area contributed by atoms with Gasteiger partial charge in [0.1, 0.15) is 0 Å². The number of carbonyl (C=O) groups is 1. The summed E-state index contributed by atoms with van der Waals surface area (Å²) in [6.07, 6.45) is 0. The number of benzene rings is 1. The van der Waals surface area contributed by atoms with Crippen LogP contribution in [0.5, 0.6) is 11.5 Å². The summed E-state index contributed by atoms with van der Waals surface area (Å²) >= 11 is 1.30. The minimum absolute atomic E-state index is 0.195. The van der Waals surface area contributed by atoms with Crippen molar-refractivity contribution in [3.63, 3.8) is 0 Å². The molecule has 0 saturated heterocycles. The first-order valence-corrected chi connectivity index (χ1v) is 7.98. The molecule has 0 aliphatic rings. The Morgan fingerprint density at radius 1 is 1.17 bits per heavy atom. The molecule has 2 rings (SSSR count). The van der Waals surface area contributed by atoms with Crippen LogP contribution < -0.4 is 9.47 Å². The summed E-state index contributed by atoms with van der Waals surface area (Å²) in [6, 6.07) is 5.57. The van der Waals surface area contributed by atoms with E-state index in [0.717, 1.165) is 5.56 Å². The van der Waals surface area contributed by atoms with E-state index in [-0.39, 0.29) is 11.7 Å². The van der Waals surface area contributed by atoms with Crippen LogP contribution >= 0.6 is 11.8 Å². The fraction of sp³-hybridized carbons (Fsp3) is 0.400. The van der Waals surface area contributed by atoms with Crippen molar-refractivity contribution in [3.05, 3.63) is 18.2 Å². The van der Waals surface area contributed by atoms with Crippen LogP contribution in [0.1, 0.15) is 6.92 Å². The number of methoxy groups -OCH3 is 3. The summed E-state index contributed by atoms with van der Waals surface area (Å²) in [5.74, 6) is 1.88. The highest BCUT2D eigenvalue weighted by molar-refractivity contribution is 7.99. The Balaban J connectivity index is 2.33. The first-order chi connectivity index (χ1) is 11.1. The molecule has 0 N–H and O–H groups in total. The van der Waals surface area contributed by atoms with Gasteiger partial charge < -0.3 is 18.8 Å². The van der Waals surface area contributed by atoms with Crippen molar-refractivity contribution in [1.82, 2.24) is 14.8 Å². The molecule has 0 fully saturated rings. The number of carbonyl (C=O) groups excluding carboxylic acids is 1. The van der Waals surface area contributed by atoms with E-state index >= 15 is 0 Å². The first-order valence-electron chi connectivity index (χ1n) is 6.99. The van der Waals surface area contributed by atoms with Gasteiger partial charge in [0.05, 0.1) is 27.1 Å². The molecule has 23 heavy (non-hydrogen) atoms. The maximum Gasteiger partial charge on any atom is 0.316 e. The number of esters is 1. The van der Waals surface area contributed by atoms with Crippen molar-refractivity contribution < 1.29 is 19.0 Å². The van der Waals surface area contributed by atoms with E-state index in [2.05, 4.69) is 14.9 Å². The van der Waals surface area contributed by atoms with Crippen LogP contribution in [0.25, 0.3) is 11.4 Å². The molecule has 0 unspecified atom stereocenters. The van der Waals surface area contributed by atoms with Gasteiger partial charge in [-0.15, -0.1) is 10.2 Å². The van der Waals surface area contributed by atoms with Gasteiger partial charge in [0.15, 0.2) is 22.5 Å². The van der Waals surface area contributed by atoms with Gasteiger partial charge in [-0.05, 0) is 25.1 Å². The minimum atomic E-state index is -0.298. The van der Waals surface area contributed by atoms with Crippen LogP contribution in [0.15, 0.2) is 23.4 Å². The first kappa shape index (κ1) is 17.1. The Bertz CT molecular complexity index is 687. The second kappa shape index (κ2) is 7.87. The van der Waals surface area contributed by atoms with Gasteiger partial charge in [-0.25, -0.2) is 0 Å². The molecule has 8 heteroatoms. The van der Waals surface area contributed by atoms with Crippen molar-refractivity contribution in [3.8, 4) is 22.9 Å². The van der Waals surface area contributed by atoms with E-state index in [1.807, 2.05) is 29.7 Å². The van der Waals surface area contributed by atoms with Crippen molar-refractivity contribution in [2.45, 2.75) is 18.6 Å². The van der Waals surface area contributed by atoms with Gasteiger partial charge in [-0.1, -0.05) is 11.8 Å². The van der Waals surface area contributed by atoms with Crippen molar-refractivity contribution in [2.24, 2.45) is 0 Å². The molecular weight excluding hydrogens is 318 g/mol. The smallest absolute Gasteiger partial charge is 0.316 e. The number of aromatic nitrogens is 3. The van der Waals surface area contributed by atoms with Gasteiger partial charge >= 0.3 is 5.97 Å². The quantitative estimate of drug-likeness (QED) is 0.566. The highest BCUT2D eigenvalue weighted by atomic mass is 32.2. The van der Waals surface area contributed by atoms with E-state index < -0.39 is 0 Å². The Morgan fingerprint density at radius 2 is 1.91 bits per heavy atom. The molecule has 0 bridgehead atoms. The minimum Gasteiger partial charge on any atom is -0.493 e. The Labute approximate surface area is 138 Å². The molecule has 1 heterocycles. The summed E-state index contributed by atoms with van der Waals surface area (Å²) in [4.78, 5) is 11.3. The number of thioether (sulfide) groups is 1. The predicted molar refractivity (Wildman–Crippen MR) is 87.0 cm³/mol. The monoisotopic (exact) mass is 337 g/mol. The van der Waals surface area contributed by atoms with Gasteiger partial charge in [0.2, 0.25) is 0 Å². The van der Waals surface area contributed by atoms with Gasteiger partial charge in [-0.2, -0.15) is 0 Å². The zero-order chi connectivity index (χ0) is 16.8. The Morgan fingerprint density at radius 3 is 2.52 bits per heavy atom. The van der Waals surface area contributed by atoms with E-state index in [9.17, 15) is 4.79 Å². The fourth-order valence-electron chi connectivity index (χ4n) is 2.05. The highest BCUT2D eigenvalue weighted by Crippen LogP contribution is 2.32. The van der Waals surface area contributed by atoms with Gasteiger partial charge in [0.25, 0.3) is 0 Å². The van der Waals surface area contributed by atoms with Crippen molar-refractivity contribution in [2.75, 3.05) is 27.1 Å². The van der Waals surface area contributed by atoms with Crippen LogP contribution in [-0.4, -0.2) is 47.8 Å². The molecule has 0 amide bonds. The molecule has 0 aliphatic heterocycles. The van der Waals surface area contributed by atoms with Crippen LogP contribution in [0.3, 0.4) is 0 Å². The molecular formula is C15H19N3O4S. The van der Waals surface area contributed by atoms with Crippen LogP contribution in [0.4, 0.5) is 0 Å². The Kier molecular flexibility index (Phi) is 5.86. The maximum atomic E-state index is 11.3. The standard InChI is InChI=1S/C15H19N3O4S/c1-5-18-14(16-17-15(18)23-9-13(19)22-4)10-6-7-11(20-2)12(8-10)21-3/h6-8H,5,9H2,1-4H3. The topological polar surface area (TPSA) is 75.5 Å².